The zero-order valence-corrected chi connectivity index (χ0v) is 12.5. The van der Waals surface area contributed by atoms with Gasteiger partial charge in [-0.3, -0.25) is 4.57 Å². The monoisotopic (exact) mass is 323 g/mol. The first kappa shape index (κ1) is 13.6. The lowest BCUT2D eigenvalue weighted by Gasteiger charge is -2.09. The Hall–Kier alpha value is -1.82. The molecule has 0 atom stereocenters. The Kier molecular flexibility index (Phi) is 3.61. The molecule has 1 aromatic heterocycles. The van der Waals surface area contributed by atoms with Crippen molar-refractivity contribution in [3.63, 3.8) is 0 Å². The Morgan fingerprint density at radius 3 is 2.68 bits per heavy atom. The number of carbonyl (C=O) groups excluding carboxylic acids is 1. The number of anilines is 1. The number of carbonyl (C=O) groups is 1. The number of imidazole rings is 1. The molecule has 100 valence electrons. The number of esters is 1. The van der Waals surface area contributed by atoms with Crippen LogP contribution < -0.4 is 5.73 Å². The number of nitrogens with zero attached hydrogens (tertiary/aromatic N) is 2. The van der Waals surface area contributed by atoms with Gasteiger partial charge in [-0.05, 0) is 31.5 Å². The van der Waals surface area contributed by atoms with Crippen LogP contribution in [0.3, 0.4) is 0 Å². The largest absolute Gasteiger partial charge is 0.464 e. The lowest BCUT2D eigenvalue weighted by Crippen LogP contribution is -2.07. The van der Waals surface area contributed by atoms with E-state index in [-0.39, 0.29) is 11.5 Å². The number of aromatic nitrogens is 2. The van der Waals surface area contributed by atoms with Gasteiger partial charge in [-0.1, -0.05) is 22.0 Å². The van der Waals surface area contributed by atoms with Crippen LogP contribution in [-0.2, 0) is 4.74 Å². The summed E-state index contributed by atoms with van der Waals surface area (Å²) < 4.78 is 7.35. The molecule has 0 saturated heterocycles. The van der Waals surface area contributed by atoms with Crippen molar-refractivity contribution < 1.29 is 9.53 Å². The average Bonchev–Trinajstić information content (AvgIpc) is 2.68. The third-order valence-corrected chi connectivity index (χ3v) is 3.73. The zero-order valence-electron chi connectivity index (χ0n) is 10.9. The van der Waals surface area contributed by atoms with Crippen LogP contribution in [0.2, 0.25) is 0 Å². The Labute approximate surface area is 119 Å². The van der Waals surface area contributed by atoms with Gasteiger partial charge in [0.25, 0.3) is 0 Å². The van der Waals surface area contributed by atoms with Gasteiger partial charge in [-0.2, -0.15) is 0 Å². The summed E-state index contributed by atoms with van der Waals surface area (Å²) in [5.74, 6) is 0.374. The van der Waals surface area contributed by atoms with E-state index in [1.807, 2.05) is 25.1 Å². The van der Waals surface area contributed by atoms with Crippen molar-refractivity contribution in [2.45, 2.75) is 13.8 Å². The van der Waals surface area contributed by atoms with E-state index in [0.717, 1.165) is 15.7 Å². The van der Waals surface area contributed by atoms with Crippen LogP contribution in [0.4, 0.5) is 5.82 Å². The van der Waals surface area contributed by atoms with Gasteiger partial charge in [0, 0.05) is 10.2 Å². The number of methoxy groups -OCH3 is 1. The molecule has 0 unspecified atom stereocenters. The maximum Gasteiger partial charge on any atom is 0.360 e. The van der Waals surface area contributed by atoms with Crippen LogP contribution in [0.15, 0.2) is 22.7 Å². The van der Waals surface area contributed by atoms with E-state index in [2.05, 4.69) is 25.7 Å². The van der Waals surface area contributed by atoms with Crippen LogP contribution in [0.5, 0.6) is 0 Å². The van der Waals surface area contributed by atoms with Crippen LogP contribution in [0, 0.1) is 13.8 Å². The van der Waals surface area contributed by atoms with E-state index < -0.39 is 5.97 Å². The number of rotatable bonds is 2. The summed E-state index contributed by atoms with van der Waals surface area (Å²) in [5.41, 5.74) is 8.08. The molecule has 0 aliphatic carbocycles. The van der Waals surface area contributed by atoms with Crippen molar-refractivity contribution >= 4 is 27.7 Å². The molecule has 0 aliphatic rings. The summed E-state index contributed by atoms with van der Waals surface area (Å²) in [6.45, 7) is 3.79. The number of halogens is 1. The Morgan fingerprint density at radius 1 is 1.42 bits per heavy atom. The smallest absolute Gasteiger partial charge is 0.360 e. The van der Waals surface area contributed by atoms with Crippen molar-refractivity contribution in [1.29, 1.82) is 0 Å². The summed E-state index contributed by atoms with van der Waals surface area (Å²) in [5, 5.41) is 0. The molecule has 19 heavy (non-hydrogen) atoms. The minimum Gasteiger partial charge on any atom is -0.464 e. The van der Waals surface area contributed by atoms with E-state index in [4.69, 9.17) is 5.73 Å². The molecule has 0 saturated carbocycles. The molecule has 0 aliphatic heterocycles. The molecule has 0 bridgehead atoms. The van der Waals surface area contributed by atoms with Gasteiger partial charge in [0.05, 0.1) is 7.11 Å². The molecule has 2 rings (SSSR count). The predicted molar refractivity (Wildman–Crippen MR) is 76.5 cm³/mol. The van der Waals surface area contributed by atoms with E-state index in [9.17, 15) is 4.79 Å². The number of aryl methyl sites for hydroxylation is 2. The van der Waals surface area contributed by atoms with Crippen molar-refractivity contribution in [2.75, 3.05) is 12.8 Å². The lowest BCUT2D eigenvalue weighted by atomic mass is 10.2. The zero-order chi connectivity index (χ0) is 14.2. The van der Waals surface area contributed by atoms with Crippen molar-refractivity contribution in [3.8, 4) is 5.69 Å². The highest BCUT2D eigenvalue weighted by atomic mass is 79.9. The van der Waals surface area contributed by atoms with E-state index >= 15 is 0 Å². The highest BCUT2D eigenvalue weighted by Gasteiger charge is 2.20. The maximum absolute atomic E-state index is 11.6. The van der Waals surface area contributed by atoms with Crippen molar-refractivity contribution in [1.82, 2.24) is 9.55 Å². The number of ether oxygens (including phenoxy) is 1. The van der Waals surface area contributed by atoms with Gasteiger partial charge in [0.15, 0.2) is 5.69 Å². The number of nitrogen functional groups attached to an aromatic ring is 1. The molecule has 6 heteroatoms. The fraction of sp³-hybridized carbons (Fsp3) is 0.231. The number of hydrogen-bond acceptors (Lipinski definition) is 4. The fourth-order valence-corrected chi connectivity index (χ4v) is 2.21. The van der Waals surface area contributed by atoms with Crippen molar-refractivity contribution in [2.24, 2.45) is 0 Å². The molecule has 2 N–H and O–H groups in total. The SMILES string of the molecule is COC(=O)c1nc(C)n(-c2ccc(C)c(Br)c2)c1N. The van der Waals surface area contributed by atoms with Crippen LogP contribution in [0.1, 0.15) is 21.9 Å². The van der Waals surface area contributed by atoms with Crippen molar-refractivity contribution in [3.05, 3.63) is 39.8 Å². The Bertz CT molecular complexity index is 650. The topological polar surface area (TPSA) is 70.1 Å². The summed E-state index contributed by atoms with van der Waals surface area (Å²) in [6.07, 6.45) is 0. The van der Waals surface area contributed by atoms with E-state index in [1.54, 1.807) is 11.5 Å². The van der Waals surface area contributed by atoms with Gasteiger partial charge in [-0.25, -0.2) is 9.78 Å². The van der Waals surface area contributed by atoms with Crippen LogP contribution >= 0.6 is 15.9 Å². The average molecular weight is 324 g/mol. The molecular weight excluding hydrogens is 310 g/mol. The van der Waals surface area contributed by atoms with Gasteiger partial charge < -0.3 is 10.5 Å². The second-order valence-corrected chi connectivity index (χ2v) is 5.01. The van der Waals surface area contributed by atoms with Crippen LogP contribution in [0.25, 0.3) is 5.69 Å². The minimum atomic E-state index is -0.537. The number of benzene rings is 1. The number of nitrogens with two attached hydrogens (primary N) is 1. The first-order chi connectivity index (χ1) is 8.95. The second-order valence-electron chi connectivity index (χ2n) is 4.15. The third-order valence-electron chi connectivity index (χ3n) is 2.87. The van der Waals surface area contributed by atoms with Gasteiger partial charge in [0.1, 0.15) is 11.6 Å². The Balaban J connectivity index is 2.59. The summed E-state index contributed by atoms with van der Waals surface area (Å²) >= 11 is 3.48. The molecule has 1 aromatic carbocycles. The quantitative estimate of drug-likeness (QED) is 0.862. The minimum absolute atomic E-state index is 0.136. The summed E-state index contributed by atoms with van der Waals surface area (Å²) in [4.78, 5) is 15.7. The first-order valence-electron chi connectivity index (χ1n) is 5.65. The first-order valence-corrected chi connectivity index (χ1v) is 6.44. The Morgan fingerprint density at radius 2 is 2.11 bits per heavy atom. The highest BCUT2D eigenvalue weighted by molar-refractivity contribution is 9.10. The third kappa shape index (κ3) is 2.35. The molecular formula is C13H14BrN3O2. The molecule has 0 fully saturated rings. The molecule has 2 aromatic rings. The maximum atomic E-state index is 11.6. The standard InChI is InChI=1S/C13H14BrN3O2/c1-7-4-5-9(6-10(7)14)17-8(2)16-11(12(17)15)13(18)19-3/h4-6H,15H2,1-3H3. The second kappa shape index (κ2) is 5.05. The molecule has 0 spiro atoms. The van der Waals surface area contributed by atoms with Gasteiger partial charge >= 0.3 is 5.97 Å². The highest BCUT2D eigenvalue weighted by Crippen LogP contribution is 2.25. The predicted octanol–water partition coefficient (Wildman–Crippen LogP) is 2.62. The molecule has 1 heterocycles. The number of hydrogen-bond donors (Lipinski definition) is 1. The molecule has 0 radical (unpaired) electrons. The van der Waals surface area contributed by atoms with Gasteiger partial charge in [-0.15, -0.1) is 0 Å². The lowest BCUT2D eigenvalue weighted by molar-refractivity contribution is 0.0596. The molecule has 0 amide bonds. The van der Waals surface area contributed by atoms with Crippen LogP contribution in [-0.4, -0.2) is 22.6 Å². The van der Waals surface area contributed by atoms with E-state index in [1.165, 1.54) is 7.11 Å². The normalized spacial score (nSPS) is 10.5. The molecule has 5 nitrogen and oxygen atoms in total. The summed E-state index contributed by atoms with van der Waals surface area (Å²) in [6, 6.07) is 5.82. The van der Waals surface area contributed by atoms with Gasteiger partial charge in [0.2, 0.25) is 0 Å². The summed E-state index contributed by atoms with van der Waals surface area (Å²) in [7, 11) is 1.30. The fourth-order valence-electron chi connectivity index (χ4n) is 1.84. The van der Waals surface area contributed by atoms with E-state index in [0.29, 0.717) is 5.82 Å².